The summed E-state index contributed by atoms with van der Waals surface area (Å²) >= 11 is 0. The minimum Gasteiger partial charge on any atom is -0.334 e. The Morgan fingerprint density at radius 2 is 2.15 bits per heavy atom. The lowest BCUT2D eigenvalue weighted by Crippen LogP contribution is -2.11. The van der Waals surface area contributed by atoms with Crippen LogP contribution in [0.5, 0.6) is 0 Å². The summed E-state index contributed by atoms with van der Waals surface area (Å²) in [7, 11) is 4.09. The molecule has 0 radical (unpaired) electrons. The van der Waals surface area contributed by atoms with Crippen LogP contribution in [-0.2, 0) is 26.4 Å². The monoisotopic (exact) mass is 179 g/mol. The number of hydrogen-bond acceptors (Lipinski definition) is 2. The molecule has 0 saturated carbocycles. The highest BCUT2D eigenvalue weighted by molar-refractivity contribution is 5.19. The molecule has 72 valence electrons. The van der Waals surface area contributed by atoms with Crippen LogP contribution >= 0.6 is 0 Å². The lowest BCUT2D eigenvalue weighted by atomic mass is 10.0. The quantitative estimate of drug-likeness (QED) is 0.734. The fourth-order valence-corrected chi connectivity index (χ4v) is 2.06. The zero-order chi connectivity index (χ0) is 9.26. The van der Waals surface area contributed by atoms with Crippen molar-refractivity contribution >= 4 is 0 Å². The Labute approximate surface area is 79.2 Å². The molecule has 0 atom stereocenters. The second-order valence-electron chi connectivity index (χ2n) is 3.72. The maximum atomic E-state index is 4.64. The molecule has 1 aromatic rings. The van der Waals surface area contributed by atoms with Gasteiger partial charge in [0.25, 0.3) is 0 Å². The van der Waals surface area contributed by atoms with Gasteiger partial charge in [-0.1, -0.05) is 0 Å². The van der Waals surface area contributed by atoms with E-state index in [2.05, 4.69) is 21.9 Å². The maximum absolute atomic E-state index is 4.64. The molecule has 0 aromatic carbocycles. The van der Waals surface area contributed by atoms with Crippen molar-refractivity contribution in [3.8, 4) is 0 Å². The summed E-state index contributed by atoms with van der Waals surface area (Å²) in [5, 5.41) is 3.15. The van der Waals surface area contributed by atoms with Gasteiger partial charge < -0.3 is 9.88 Å². The van der Waals surface area contributed by atoms with Crippen molar-refractivity contribution in [3.05, 3.63) is 17.2 Å². The molecular formula is C10H17N3. The molecule has 1 heterocycles. The summed E-state index contributed by atoms with van der Waals surface area (Å²) < 4.78 is 2.25. The summed E-state index contributed by atoms with van der Waals surface area (Å²) in [5.74, 6) is 1.18. The van der Waals surface area contributed by atoms with Gasteiger partial charge in [0.2, 0.25) is 0 Å². The third kappa shape index (κ3) is 1.48. The van der Waals surface area contributed by atoms with Gasteiger partial charge in [-0.25, -0.2) is 4.98 Å². The third-order valence-corrected chi connectivity index (χ3v) is 2.80. The standard InChI is InChI=1S/C10H17N3/c1-11-7-10-12-8-5-3-4-6-9(8)13(10)2/h11H,3-7H2,1-2H3. The van der Waals surface area contributed by atoms with Crippen LogP contribution in [-0.4, -0.2) is 16.6 Å². The van der Waals surface area contributed by atoms with Crippen molar-refractivity contribution in [2.75, 3.05) is 7.05 Å². The summed E-state index contributed by atoms with van der Waals surface area (Å²) in [5.41, 5.74) is 2.79. The van der Waals surface area contributed by atoms with E-state index < -0.39 is 0 Å². The molecule has 3 nitrogen and oxygen atoms in total. The van der Waals surface area contributed by atoms with E-state index in [9.17, 15) is 0 Å². The molecule has 13 heavy (non-hydrogen) atoms. The van der Waals surface area contributed by atoms with Gasteiger partial charge in [0.05, 0.1) is 12.2 Å². The van der Waals surface area contributed by atoms with Crippen LogP contribution < -0.4 is 5.32 Å². The molecule has 0 aliphatic heterocycles. The summed E-state index contributed by atoms with van der Waals surface area (Å²) in [6.07, 6.45) is 5.02. The Bertz CT molecular complexity index is 301. The van der Waals surface area contributed by atoms with Gasteiger partial charge in [0.15, 0.2) is 0 Å². The number of imidazole rings is 1. The average molecular weight is 179 g/mol. The number of aromatic nitrogens is 2. The fraction of sp³-hybridized carbons (Fsp3) is 0.700. The van der Waals surface area contributed by atoms with E-state index in [1.54, 1.807) is 0 Å². The van der Waals surface area contributed by atoms with E-state index in [0.29, 0.717) is 0 Å². The van der Waals surface area contributed by atoms with Crippen LogP contribution in [0.1, 0.15) is 30.1 Å². The maximum Gasteiger partial charge on any atom is 0.122 e. The minimum absolute atomic E-state index is 0.878. The predicted molar refractivity (Wildman–Crippen MR) is 52.6 cm³/mol. The van der Waals surface area contributed by atoms with Crippen molar-refractivity contribution < 1.29 is 0 Å². The normalized spacial score (nSPS) is 15.8. The zero-order valence-electron chi connectivity index (χ0n) is 8.43. The van der Waals surface area contributed by atoms with Gasteiger partial charge in [0, 0.05) is 12.7 Å². The second kappa shape index (κ2) is 3.50. The lowest BCUT2D eigenvalue weighted by molar-refractivity contribution is 0.634. The van der Waals surface area contributed by atoms with E-state index in [4.69, 9.17) is 0 Å². The molecule has 0 amide bonds. The van der Waals surface area contributed by atoms with Gasteiger partial charge >= 0.3 is 0 Å². The number of aryl methyl sites for hydroxylation is 1. The highest BCUT2D eigenvalue weighted by Gasteiger charge is 2.16. The molecule has 3 heteroatoms. The Morgan fingerprint density at radius 3 is 2.85 bits per heavy atom. The van der Waals surface area contributed by atoms with E-state index >= 15 is 0 Å². The Hall–Kier alpha value is -0.830. The molecule has 2 rings (SSSR count). The first-order valence-corrected chi connectivity index (χ1v) is 5.01. The number of hydrogen-bond donors (Lipinski definition) is 1. The Morgan fingerprint density at radius 1 is 1.38 bits per heavy atom. The van der Waals surface area contributed by atoms with Gasteiger partial charge in [-0.3, -0.25) is 0 Å². The van der Waals surface area contributed by atoms with Crippen molar-refractivity contribution in [3.63, 3.8) is 0 Å². The number of fused-ring (bicyclic) bond motifs is 1. The van der Waals surface area contributed by atoms with Crippen LogP contribution in [0.3, 0.4) is 0 Å². The first-order valence-electron chi connectivity index (χ1n) is 5.01. The minimum atomic E-state index is 0.878. The molecule has 1 aliphatic carbocycles. The van der Waals surface area contributed by atoms with E-state index in [0.717, 1.165) is 6.54 Å². The van der Waals surface area contributed by atoms with Gasteiger partial charge in [-0.15, -0.1) is 0 Å². The smallest absolute Gasteiger partial charge is 0.122 e. The first kappa shape index (κ1) is 8.75. The van der Waals surface area contributed by atoms with Crippen LogP contribution in [0, 0.1) is 0 Å². The molecule has 0 saturated heterocycles. The molecule has 1 aliphatic rings. The fourth-order valence-electron chi connectivity index (χ4n) is 2.06. The highest BCUT2D eigenvalue weighted by Crippen LogP contribution is 2.20. The third-order valence-electron chi connectivity index (χ3n) is 2.80. The molecule has 0 spiro atoms. The summed E-state index contributed by atoms with van der Waals surface area (Å²) in [6.45, 7) is 0.878. The van der Waals surface area contributed by atoms with Crippen molar-refractivity contribution in [2.45, 2.75) is 32.2 Å². The largest absolute Gasteiger partial charge is 0.334 e. The lowest BCUT2D eigenvalue weighted by Gasteiger charge is -2.11. The summed E-state index contributed by atoms with van der Waals surface area (Å²) in [6, 6.07) is 0. The van der Waals surface area contributed by atoms with Crippen molar-refractivity contribution in [1.82, 2.24) is 14.9 Å². The Kier molecular flexibility index (Phi) is 2.36. The van der Waals surface area contributed by atoms with Crippen LogP contribution in [0.4, 0.5) is 0 Å². The summed E-state index contributed by atoms with van der Waals surface area (Å²) in [4.78, 5) is 4.64. The molecule has 1 aromatic heterocycles. The molecule has 0 fully saturated rings. The van der Waals surface area contributed by atoms with E-state index in [1.807, 2.05) is 7.05 Å². The van der Waals surface area contributed by atoms with Gasteiger partial charge in [-0.2, -0.15) is 0 Å². The second-order valence-corrected chi connectivity index (χ2v) is 3.72. The number of nitrogens with zero attached hydrogens (tertiary/aromatic N) is 2. The van der Waals surface area contributed by atoms with Crippen LogP contribution in [0.2, 0.25) is 0 Å². The molecule has 0 bridgehead atoms. The van der Waals surface area contributed by atoms with Crippen molar-refractivity contribution in [1.29, 1.82) is 0 Å². The number of nitrogens with one attached hydrogen (secondary N) is 1. The van der Waals surface area contributed by atoms with E-state index in [1.165, 1.54) is 42.9 Å². The van der Waals surface area contributed by atoms with Crippen molar-refractivity contribution in [2.24, 2.45) is 7.05 Å². The SMILES string of the molecule is CNCc1nc2c(n1C)CCCC2. The van der Waals surface area contributed by atoms with Gasteiger partial charge in [0.1, 0.15) is 5.82 Å². The topological polar surface area (TPSA) is 29.9 Å². The van der Waals surface area contributed by atoms with E-state index in [-0.39, 0.29) is 0 Å². The Balaban J connectivity index is 2.33. The van der Waals surface area contributed by atoms with Crippen LogP contribution in [0.25, 0.3) is 0 Å². The molecule has 1 N–H and O–H groups in total. The van der Waals surface area contributed by atoms with Crippen LogP contribution in [0.15, 0.2) is 0 Å². The zero-order valence-corrected chi connectivity index (χ0v) is 8.43. The highest BCUT2D eigenvalue weighted by atomic mass is 15.1. The van der Waals surface area contributed by atoms with Gasteiger partial charge in [-0.05, 0) is 32.7 Å². The number of rotatable bonds is 2. The predicted octanol–water partition coefficient (Wildman–Crippen LogP) is 1.02. The molecular weight excluding hydrogens is 162 g/mol. The first-order chi connectivity index (χ1) is 6.33. The molecule has 0 unspecified atom stereocenters. The average Bonchev–Trinajstić information content (AvgIpc) is 2.46.